The Kier molecular flexibility index (Phi) is 4.43. The summed E-state index contributed by atoms with van der Waals surface area (Å²) in [6.07, 6.45) is 7.03. The van der Waals surface area contributed by atoms with Gasteiger partial charge in [0.25, 0.3) is 0 Å². The highest BCUT2D eigenvalue weighted by molar-refractivity contribution is 5.43. The van der Waals surface area contributed by atoms with Gasteiger partial charge < -0.3 is 10.5 Å². The van der Waals surface area contributed by atoms with Crippen LogP contribution in [0.15, 0.2) is 18.2 Å². The highest BCUT2D eigenvalue weighted by atomic mass is 16.5. The summed E-state index contributed by atoms with van der Waals surface area (Å²) >= 11 is 0. The molecule has 2 N–H and O–H groups in total. The lowest BCUT2D eigenvalue weighted by atomic mass is 9.87. The largest absolute Gasteiger partial charge is 0.493 e. The van der Waals surface area contributed by atoms with Crippen molar-refractivity contribution in [3.63, 3.8) is 0 Å². The molecule has 0 fully saturated rings. The van der Waals surface area contributed by atoms with Crippen LogP contribution in [-0.4, -0.2) is 6.61 Å². The average molecular weight is 233 g/mol. The molecule has 1 unspecified atom stereocenters. The molecule has 0 aromatic heterocycles. The number of unbranched alkanes of at least 4 members (excludes halogenated alkanes) is 2. The predicted molar refractivity (Wildman–Crippen MR) is 71.3 cm³/mol. The Morgan fingerprint density at radius 1 is 1.35 bits per heavy atom. The highest BCUT2D eigenvalue weighted by Gasteiger charge is 2.19. The van der Waals surface area contributed by atoms with Crippen molar-refractivity contribution in [1.29, 1.82) is 0 Å². The van der Waals surface area contributed by atoms with Crippen LogP contribution in [0.3, 0.4) is 0 Å². The van der Waals surface area contributed by atoms with E-state index in [0.717, 1.165) is 31.6 Å². The van der Waals surface area contributed by atoms with E-state index in [-0.39, 0.29) is 6.04 Å². The molecule has 0 saturated carbocycles. The fourth-order valence-electron chi connectivity index (χ4n) is 2.52. The van der Waals surface area contributed by atoms with E-state index in [4.69, 9.17) is 10.5 Å². The molecule has 0 radical (unpaired) electrons. The number of hydrogen-bond acceptors (Lipinski definition) is 2. The summed E-state index contributed by atoms with van der Waals surface area (Å²) in [4.78, 5) is 0. The molecule has 2 heteroatoms. The molecule has 1 aromatic rings. The van der Waals surface area contributed by atoms with Crippen molar-refractivity contribution in [2.24, 2.45) is 5.73 Å². The van der Waals surface area contributed by atoms with Crippen molar-refractivity contribution in [3.05, 3.63) is 29.3 Å². The monoisotopic (exact) mass is 233 g/mol. The predicted octanol–water partition coefficient (Wildman–Crippen LogP) is 3.59. The molecule has 1 aromatic carbocycles. The molecule has 94 valence electrons. The van der Waals surface area contributed by atoms with Crippen LogP contribution in [0.1, 0.15) is 56.2 Å². The van der Waals surface area contributed by atoms with Gasteiger partial charge in [-0.1, -0.05) is 31.9 Å². The van der Waals surface area contributed by atoms with Crippen LogP contribution < -0.4 is 10.5 Å². The SMILES string of the molecule is CCCCCOc1cccc2c1CCCC2N. The lowest BCUT2D eigenvalue weighted by Gasteiger charge is -2.24. The van der Waals surface area contributed by atoms with Crippen LogP contribution >= 0.6 is 0 Å². The third-order valence-corrected chi connectivity index (χ3v) is 3.52. The fraction of sp³-hybridized carbons (Fsp3) is 0.600. The Balaban J connectivity index is 2.04. The molecule has 2 rings (SSSR count). The first-order chi connectivity index (χ1) is 8.33. The minimum Gasteiger partial charge on any atom is -0.493 e. The van der Waals surface area contributed by atoms with Crippen LogP contribution in [0.25, 0.3) is 0 Å². The van der Waals surface area contributed by atoms with E-state index in [1.165, 1.54) is 30.4 Å². The second-order valence-corrected chi connectivity index (χ2v) is 4.88. The van der Waals surface area contributed by atoms with Crippen molar-refractivity contribution in [2.45, 2.75) is 51.5 Å². The van der Waals surface area contributed by atoms with Crippen LogP contribution in [0, 0.1) is 0 Å². The molecule has 0 saturated heterocycles. The Hall–Kier alpha value is -1.02. The molecule has 2 nitrogen and oxygen atoms in total. The summed E-state index contributed by atoms with van der Waals surface area (Å²) < 4.78 is 5.90. The van der Waals surface area contributed by atoms with Gasteiger partial charge in [-0.3, -0.25) is 0 Å². The second-order valence-electron chi connectivity index (χ2n) is 4.88. The van der Waals surface area contributed by atoms with E-state index in [9.17, 15) is 0 Å². The van der Waals surface area contributed by atoms with E-state index < -0.39 is 0 Å². The number of benzene rings is 1. The molecule has 1 aliphatic carbocycles. The highest BCUT2D eigenvalue weighted by Crippen LogP contribution is 2.34. The van der Waals surface area contributed by atoms with Gasteiger partial charge >= 0.3 is 0 Å². The number of nitrogens with two attached hydrogens (primary N) is 1. The minimum absolute atomic E-state index is 0.206. The van der Waals surface area contributed by atoms with Crippen molar-refractivity contribution >= 4 is 0 Å². The van der Waals surface area contributed by atoms with Crippen molar-refractivity contribution < 1.29 is 4.74 Å². The summed E-state index contributed by atoms with van der Waals surface area (Å²) in [5.41, 5.74) is 8.78. The summed E-state index contributed by atoms with van der Waals surface area (Å²) in [6, 6.07) is 6.51. The van der Waals surface area contributed by atoms with Crippen LogP contribution in [0.5, 0.6) is 5.75 Å². The van der Waals surface area contributed by atoms with Gasteiger partial charge in [-0.05, 0) is 42.9 Å². The molecule has 1 atom stereocenters. The molecule has 1 aliphatic rings. The third-order valence-electron chi connectivity index (χ3n) is 3.52. The lowest BCUT2D eigenvalue weighted by Crippen LogP contribution is -2.18. The average Bonchev–Trinajstić information content (AvgIpc) is 2.36. The van der Waals surface area contributed by atoms with Crippen molar-refractivity contribution in [1.82, 2.24) is 0 Å². The van der Waals surface area contributed by atoms with E-state index in [2.05, 4.69) is 25.1 Å². The zero-order valence-corrected chi connectivity index (χ0v) is 10.7. The summed E-state index contributed by atoms with van der Waals surface area (Å²) in [5.74, 6) is 1.06. The van der Waals surface area contributed by atoms with Gasteiger partial charge in [-0.2, -0.15) is 0 Å². The van der Waals surface area contributed by atoms with E-state index in [1.807, 2.05) is 0 Å². The smallest absolute Gasteiger partial charge is 0.122 e. The van der Waals surface area contributed by atoms with Gasteiger partial charge in [0, 0.05) is 6.04 Å². The first kappa shape index (κ1) is 12.4. The maximum Gasteiger partial charge on any atom is 0.122 e. The van der Waals surface area contributed by atoms with Gasteiger partial charge in [-0.25, -0.2) is 0 Å². The van der Waals surface area contributed by atoms with Crippen LogP contribution in [-0.2, 0) is 6.42 Å². The maximum atomic E-state index is 6.14. The van der Waals surface area contributed by atoms with Gasteiger partial charge in [0.15, 0.2) is 0 Å². The molecule has 0 aliphatic heterocycles. The first-order valence-electron chi connectivity index (χ1n) is 6.83. The van der Waals surface area contributed by atoms with Crippen LogP contribution in [0.2, 0.25) is 0 Å². The van der Waals surface area contributed by atoms with Gasteiger partial charge in [0.05, 0.1) is 6.61 Å². The zero-order valence-electron chi connectivity index (χ0n) is 10.7. The first-order valence-corrected chi connectivity index (χ1v) is 6.83. The molecule has 17 heavy (non-hydrogen) atoms. The Labute approximate surface area is 104 Å². The van der Waals surface area contributed by atoms with E-state index in [1.54, 1.807) is 0 Å². The molecular weight excluding hydrogens is 210 g/mol. The zero-order chi connectivity index (χ0) is 12.1. The molecule has 0 spiro atoms. The minimum atomic E-state index is 0.206. The normalized spacial score (nSPS) is 18.8. The Morgan fingerprint density at radius 2 is 2.24 bits per heavy atom. The lowest BCUT2D eigenvalue weighted by molar-refractivity contribution is 0.301. The Bertz CT molecular complexity index is 362. The molecule has 0 bridgehead atoms. The van der Waals surface area contributed by atoms with Gasteiger partial charge in [-0.15, -0.1) is 0 Å². The standard InChI is InChI=1S/C15H23NO/c1-2-3-4-11-17-15-10-6-7-12-13(15)8-5-9-14(12)16/h6-7,10,14H,2-5,8-9,11,16H2,1H3. The summed E-state index contributed by atoms with van der Waals surface area (Å²) in [5, 5.41) is 0. The topological polar surface area (TPSA) is 35.2 Å². The van der Waals surface area contributed by atoms with Crippen molar-refractivity contribution in [3.8, 4) is 5.75 Å². The fourth-order valence-corrected chi connectivity index (χ4v) is 2.52. The van der Waals surface area contributed by atoms with Gasteiger partial charge in [0.1, 0.15) is 5.75 Å². The maximum absolute atomic E-state index is 6.14. The van der Waals surface area contributed by atoms with E-state index in [0.29, 0.717) is 0 Å². The molecule has 0 amide bonds. The van der Waals surface area contributed by atoms with E-state index >= 15 is 0 Å². The number of rotatable bonds is 5. The number of ether oxygens (including phenoxy) is 1. The van der Waals surface area contributed by atoms with Gasteiger partial charge in [0.2, 0.25) is 0 Å². The van der Waals surface area contributed by atoms with Crippen molar-refractivity contribution in [2.75, 3.05) is 6.61 Å². The summed E-state index contributed by atoms with van der Waals surface area (Å²) in [6.45, 7) is 3.04. The number of fused-ring (bicyclic) bond motifs is 1. The third kappa shape index (κ3) is 3.01. The molecule has 0 heterocycles. The molecular formula is C15H23NO. The second kappa shape index (κ2) is 6.06. The quantitative estimate of drug-likeness (QED) is 0.789. The van der Waals surface area contributed by atoms with Crippen LogP contribution in [0.4, 0.5) is 0 Å². The summed E-state index contributed by atoms with van der Waals surface area (Å²) in [7, 11) is 0. The Morgan fingerprint density at radius 3 is 3.06 bits per heavy atom. The number of hydrogen-bond donors (Lipinski definition) is 1.